The fourth-order valence-corrected chi connectivity index (χ4v) is 5.87. The van der Waals surface area contributed by atoms with Crippen molar-refractivity contribution in [1.82, 2.24) is 4.72 Å². The van der Waals surface area contributed by atoms with E-state index in [1.54, 1.807) is 25.3 Å². The summed E-state index contributed by atoms with van der Waals surface area (Å²) < 4.78 is 32.5. The summed E-state index contributed by atoms with van der Waals surface area (Å²) in [5, 5.41) is 0.339. The van der Waals surface area contributed by atoms with Gasteiger partial charge >= 0.3 is 0 Å². The number of rotatable bonds is 6. The predicted molar refractivity (Wildman–Crippen MR) is 89.6 cm³/mol. The minimum atomic E-state index is -3.50. The van der Waals surface area contributed by atoms with Gasteiger partial charge in [0.15, 0.2) is 0 Å². The average molecular weight is 349 g/mol. The van der Waals surface area contributed by atoms with Crippen LogP contribution in [0.25, 0.3) is 0 Å². The lowest BCUT2D eigenvalue weighted by Gasteiger charge is -2.21. The molecule has 118 valence electrons. The number of nitrogens with one attached hydrogen (secondary N) is 1. The molecule has 1 aromatic rings. The molecule has 0 aliphatic carbocycles. The molecule has 0 radical (unpaired) electrons. The Hall–Kier alpha value is -0.410. The second kappa shape index (κ2) is 7.73. The molecule has 0 bridgehead atoms. The van der Waals surface area contributed by atoms with Gasteiger partial charge in [0, 0.05) is 41.2 Å². The van der Waals surface area contributed by atoms with Gasteiger partial charge in [0.05, 0.1) is 12.0 Å². The molecule has 21 heavy (non-hydrogen) atoms. The first-order chi connectivity index (χ1) is 10.1. The molecule has 8 heteroatoms. The second-order valence-corrected chi connectivity index (χ2v) is 8.92. The lowest BCUT2D eigenvalue weighted by Crippen LogP contribution is -2.33. The topological polar surface area (TPSA) is 81.4 Å². The molecular weight excluding hydrogens is 328 g/mol. The van der Waals surface area contributed by atoms with E-state index in [9.17, 15) is 8.42 Å². The molecule has 1 saturated heterocycles. The summed E-state index contributed by atoms with van der Waals surface area (Å²) in [7, 11) is -1.96. The molecule has 2 rings (SSSR count). The van der Waals surface area contributed by atoms with Crippen LogP contribution in [-0.4, -0.2) is 44.6 Å². The van der Waals surface area contributed by atoms with Crippen molar-refractivity contribution in [2.75, 3.05) is 30.9 Å². The maximum atomic E-state index is 12.3. The molecule has 1 unspecified atom stereocenters. The highest BCUT2D eigenvalue weighted by atomic mass is 32.2. The third kappa shape index (κ3) is 4.53. The number of hydrogen-bond donors (Lipinski definition) is 2. The van der Waals surface area contributed by atoms with E-state index in [4.69, 9.17) is 10.5 Å². The van der Waals surface area contributed by atoms with Gasteiger partial charge in [-0.15, -0.1) is 0 Å². The first kappa shape index (κ1) is 17.0. The van der Waals surface area contributed by atoms with Gasteiger partial charge in [-0.25, -0.2) is 13.1 Å². The van der Waals surface area contributed by atoms with Crippen LogP contribution >= 0.6 is 23.5 Å². The summed E-state index contributed by atoms with van der Waals surface area (Å²) in [4.78, 5) is 0.234. The van der Waals surface area contributed by atoms with E-state index in [-0.39, 0.29) is 11.4 Å². The lowest BCUT2D eigenvalue weighted by atomic mass is 10.2. The highest BCUT2D eigenvalue weighted by molar-refractivity contribution is 8.06. The molecule has 5 nitrogen and oxygen atoms in total. The SMILES string of the molecule is COc1ccc(S(=O)(=O)NCC2CSCCS2)cc1CN. The van der Waals surface area contributed by atoms with E-state index in [1.165, 1.54) is 0 Å². The number of thioether (sulfide) groups is 2. The van der Waals surface area contributed by atoms with Gasteiger partial charge in [0.2, 0.25) is 10.0 Å². The van der Waals surface area contributed by atoms with Gasteiger partial charge in [-0.3, -0.25) is 0 Å². The smallest absolute Gasteiger partial charge is 0.240 e. The molecule has 1 atom stereocenters. The molecule has 0 aromatic heterocycles. The number of nitrogens with two attached hydrogens (primary N) is 1. The maximum Gasteiger partial charge on any atom is 0.240 e. The molecule has 1 fully saturated rings. The Morgan fingerprint density at radius 1 is 1.43 bits per heavy atom. The molecule has 1 aromatic carbocycles. The highest BCUT2D eigenvalue weighted by Gasteiger charge is 2.20. The predicted octanol–water partition coefficient (Wildman–Crippen LogP) is 1.28. The molecule has 1 aliphatic rings. The van der Waals surface area contributed by atoms with Crippen molar-refractivity contribution < 1.29 is 13.2 Å². The van der Waals surface area contributed by atoms with E-state index < -0.39 is 10.0 Å². The lowest BCUT2D eigenvalue weighted by molar-refractivity contribution is 0.409. The summed E-state index contributed by atoms with van der Waals surface area (Å²) in [5.74, 6) is 3.82. The van der Waals surface area contributed by atoms with Gasteiger partial charge in [-0.2, -0.15) is 23.5 Å². The maximum absolute atomic E-state index is 12.3. The zero-order valence-electron chi connectivity index (χ0n) is 11.9. The highest BCUT2D eigenvalue weighted by Crippen LogP contribution is 2.25. The third-order valence-corrected chi connectivity index (χ3v) is 7.43. The summed E-state index contributed by atoms with van der Waals surface area (Å²) in [6, 6.07) is 4.76. The van der Waals surface area contributed by atoms with Crippen molar-refractivity contribution in [2.24, 2.45) is 5.73 Å². The fourth-order valence-electron chi connectivity index (χ4n) is 2.02. The molecule has 0 spiro atoms. The monoisotopic (exact) mass is 348 g/mol. The van der Waals surface area contributed by atoms with E-state index in [0.717, 1.165) is 17.3 Å². The van der Waals surface area contributed by atoms with E-state index >= 15 is 0 Å². The number of hydrogen-bond acceptors (Lipinski definition) is 6. The number of benzene rings is 1. The van der Waals surface area contributed by atoms with Gasteiger partial charge in [0.1, 0.15) is 5.75 Å². The Balaban J connectivity index is 2.07. The molecular formula is C13H20N2O3S3. The minimum Gasteiger partial charge on any atom is -0.496 e. The van der Waals surface area contributed by atoms with Crippen LogP contribution in [0.2, 0.25) is 0 Å². The molecule has 1 heterocycles. The average Bonchev–Trinajstić information content (AvgIpc) is 2.53. The number of methoxy groups -OCH3 is 1. The van der Waals surface area contributed by atoms with Crippen molar-refractivity contribution >= 4 is 33.5 Å². The van der Waals surface area contributed by atoms with Crippen molar-refractivity contribution in [3.8, 4) is 5.75 Å². The minimum absolute atomic E-state index is 0.234. The fraction of sp³-hybridized carbons (Fsp3) is 0.538. The zero-order chi connectivity index (χ0) is 15.3. The van der Waals surface area contributed by atoms with Crippen LogP contribution in [0.1, 0.15) is 5.56 Å². The van der Waals surface area contributed by atoms with E-state index in [2.05, 4.69) is 4.72 Å². The van der Waals surface area contributed by atoms with Crippen LogP contribution in [-0.2, 0) is 16.6 Å². The van der Waals surface area contributed by atoms with Crippen molar-refractivity contribution in [3.63, 3.8) is 0 Å². The second-order valence-electron chi connectivity index (χ2n) is 4.60. The number of sulfonamides is 1. The first-order valence-corrected chi connectivity index (χ1v) is 10.3. The third-order valence-electron chi connectivity index (χ3n) is 3.17. The van der Waals surface area contributed by atoms with Crippen LogP contribution in [0.5, 0.6) is 5.75 Å². The first-order valence-electron chi connectivity index (χ1n) is 6.63. The Kier molecular flexibility index (Phi) is 6.24. The summed E-state index contributed by atoms with van der Waals surface area (Å²) >= 11 is 3.70. The standard InChI is InChI=1S/C13H20N2O3S3/c1-18-13-3-2-12(6-10(13)7-14)21(16,17)15-8-11-9-19-4-5-20-11/h2-3,6,11,15H,4-5,7-9,14H2,1H3. The van der Waals surface area contributed by atoms with Crippen LogP contribution in [0.15, 0.2) is 23.1 Å². The van der Waals surface area contributed by atoms with Crippen LogP contribution in [0.4, 0.5) is 0 Å². The van der Waals surface area contributed by atoms with E-state index in [1.807, 2.05) is 23.5 Å². The van der Waals surface area contributed by atoms with Crippen LogP contribution in [0, 0.1) is 0 Å². The van der Waals surface area contributed by atoms with Crippen LogP contribution in [0.3, 0.4) is 0 Å². The summed E-state index contributed by atoms with van der Waals surface area (Å²) in [6.45, 7) is 0.700. The summed E-state index contributed by atoms with van der Waals surface area (Å²) in [6.07, 6.45) is 0. The molecule has 0 saturated carbocycles. The number of ether oxygens (including phenoxy) is 1. The van der Waals surface area contributed by atoms with Gasteiger partial charge in [0.25, 0.3) is 0 Å². The zero-order valence-corrected chi connectivity index (χ0v) is 14.3. The van der Waals surface area contributed by atoms with Gasteiger partial charge in [-0.1, -0.05) is 0 Å². The summed E-state index contributed by atoms with van der Waals surface area (Å²) in [5.41, 5.74) is 6.31. The molecule has 1 aliphatic heterocycles. The Morgan fingerprint density at radius 3 is 2.86 bits per heavy atom. The largest absolute Gasteiger partial charge is 0.496 e. The Morgan fingerprint density at radius 2 is 2.24 bits per heavy atom. The quantitative estimate of drug-likeness (QED) is 0.806. The molecule has 0 amide bonds. The Bertz CT molecular complexity index is 572. The van der Waals surface area contributed by atoms with Gasteiger partial charge in [-0.05, 0) is 18.2 Å². The molecule has 3 N–H and O–H groups in total. The van der Waals surface area contributed by atoms with Crippen molar-refractivity contribution in [1.29, 1.82) is 0 Å². The normalized spacial score (nSPS) is 19.4. The van der Waals surface area contributed by atoms with Crippen molar-refractivity contribution in [2.45, 2.75) is 16.7 Å². The van der Waals surface area contributed by atoms with Crippen LogP contribution < -0.4 is 15.2 Å². The van der Waals surface area contributed by atoms with E-state index in [0.29, 0.717) is 23.1 Å². The Labute approximate surface area is 134 Å². The van der Waals surface area contributed by atoms with Gasteiger partial charge < -0.3 is 10.5 Å². The van der Waals surface area contributed by atoms with Crippen molar-refractivity contribution in [3.05, 3.63) is 23.8 Å².